The Hall–Kier alpha value is -1.92. The van der Waals surface area contributed by atoms with E-state index < -0.39 is 12.1 Å². The molecule has 0 aliphatic carbocycles. The standard InChI is InChI=1S/C68H129NO5/c1-3-5-7-9-11-13-15-17-19-20-26-30-34-38-42-46-50-54-58-62-68(73)74-63-59-55-51-47-43-39-35-31-28-25-23-21-22-24-27-29-33-37-41-45-49-53-57-61-67(72)69-65(64-70)66(71)60-56-52-48-44-40-36-32-18-16-14-12-10-8-6-4-2/h17,19,24,27,56,60,65-66,70-71H,3-16,18,20-23,25-26,28-55,57-59,61-64H2,1-2H3,(H,69,72)/b19-17-,27-24-,60-56+. The van der Waals surface area contributed by atoms with Gasteiger partial charge in [-0.15, -0.1) is 0 Å². The summed E-state index contributed by atoms with van der Waals surface area (Å²) in [6.07, 6.45) is 80.6. The van der Waals surface area contributed by atoms with Crippen LogP contribution in [0.3, 0.4) is 0 Å². The highest BCUT2D eigenvalue weighted by Crippen LogP contribution is 2.17. The highest BCUT2D eigenvalue weighted by Gasteiger charge is 2.18. The third-order valence-electron chi connectivity index (χ3n) is 15.4. The fourth-order valence-corrected chi connectivity index (χ4v) is 10.3. The first-order valence-electron chi connectivity index (χ1n) is 33.3. The second-order valence-corrected chi connectivity index (χ2v) is 22.8. The van der Waals surface area contributed by atoms with Crippen LogP contribution in [0.2, 0.25) is 0 Å². The normalized spacial score (nSPS) is 12.8. The van der Waals surface area contributed by atoms with E-state index in [1.54, 1.807) is 6.08 Å². The molecule has 436 valence electrons. The number of esters is 1. The molecule has 0 aromatic carbocycles. The van der Waals surface area contributed by atoms with Crippen LogP contribution in [0, 0.1) is 0 Å². The second-order valence-electron chi connectivity index (χ2n) is 22.8. The topological polar surface area (TPSA) is 95.9 Å². The highest BCUT2D eigenvalue weighted by atomic mass is 16.5. The van der Waals surface area contributed by atoms with Gasteiger partial charge in [-0.25, -0.2) is 0 Å². The third kappa shape index (κ3) is 59.3. The molecule has 0 rings (SSSR count). The van der Waals surface area contributed by atoms with E-state index in [1.165, 1.54) is 283 Å². The van der Waals surface area contributed by atoms with Gasteiger partial charge in [0.1, 0.15) is 0 Å². The summed E-state index contributed by atoms with van der Waals surface area (Å²) in [6.45, 7) is 4.92. The minimum atomic E-state index is -0.848. The molecule has 74 heavy (non-hydrogen) atoms. The molecule has 0 radical (unpaired) electrons. The SMILES string of the molecule is CCCCCCCC/C=C\CCCCCCCCCCCC(=O)OCCCCCCCCCCCCCC/C=C\CCCCCCCCCC(=O)NC(CO)C(O)/C=C/CCCCCCCCCCCCCCC. The summed E-state index contributed by atoms with van der Waals surface area (Å²) in [5, 5.41) is 23.1. The summed E-state index contributed by atoms with van der Waals surface area (Å²) >= 11 is 0. The number of hydrogen-bond acceptors (Lipinski definition) is 5. The Labute approximate surface area is 462 Å². The number of carbonyl (C=O) groups excluding carboxylic acids is 2. The van der Waals surface area contributed by atoms with Gasteiger partial charge in [-0.05, 0) is 83.5 Å². The Kier molecular flexibility index (Phi) is 62.0. The number of unbranched alkanes of at least 4 members (excludes halogenated alkanes) is 47. The number of aliphatic hydroxyl groups is 2. The smallest absolute Gasteiger partial charge is 0.305 e. The van der Waals surface area contributed by atoms with Crippen LogP contribution in [0.1, 0.15) is 361 Å². The molecule has 2 unspecified atom stereocenters. The molecule has 0 aromatic heterocycles. The largest absolute Gasteiger partial charge is 0.466 e. The van der Waals surface area contributed by atoms with Crippen molar-refractivity contribution in [1.82, 2.24) is 5.32 Å². The van der Waals surface area contributed by atoms with Crippen LogP contribution in [-0.2, 0) is 14.3 Å². The summed E-state index contributed by atoms with van der Waals surface area (Å²) in [4.78, 5) is 24.6. The quantitative estimate of drug-likeness (QED) is 0.0320. The molecular weight excluding hydrogens is 911 g/mol. The molecule has 0 heterocycles. The molecule has 6 heteroatoms. The van der Waals surface area contributed by atoms with Crippen LogP contribution in [0.15, 0.2) is 36.5 Å². The van der Waals surface area contributed by atoms with E-state index >= 15 is 0 Å². The molecule has 0 aliphatic rings. The Bertz CT molecular complexity index is 1200. The summed E-state index contributed by atoms with van der Waals surface area (Å²) in [7, 11) is 0. The number of ether oxygens (including phenoxy) is 1. The van der Waals surface area contributed by atoms with Crippen molar-refractivity contribution in [2.45, 2.75) is 373 Å². The van der Waals surface area contributed by atoms with Crippen molar-refractivity contribution in [2.24, 2.45) is 0 Å². The number of nitrogens with one attached hydrogen (secondary N) is 1. The van der Waals surface area contributed by atoms with Gasteiger partial charge in [-0.2, -0.15) is 0 Å². The zero-order valence-corrected chi connectivity index (χ0v) is 49.8. The predicted molar refractivity (Wildman–Crippen MR) is 324 cm³/mol. The lowest BCUT2D eigenvalue weighted by Gasteiger charge is -2.20. The zero-order valence-electron chi connectivity index (χ0n) is 49.8. The number of aliphatic hydroxyl groups excluding tert-OH is 2. The number of carbonyl (C=O) groups is 2. The lowest BCUT2D eigenvalue weighted by Crippen LogP contribution is -2.45. The van der Waals surface area contributed by atoms with Gasteiger partial charge in [-0.1, -0.05) is 301 Å². The summed E-state index contributed by atoms with van der Waals surface area (Å²) in [5.74, 6) is -0.0621. The average Bonchev–Trinajstić information content (AvgIpc) is 3.40. The predicted octanol–water partition coefficient (Wildman–Crippen LogP) is 21.1. The van der Waals surface area contributed by atoms with Gasteiger partial charge in [0.15, 0.2) is 0 Å². The lowest BCUT2D eigenvalue weighted by molar-refractivity contribution is -0.143. The van der Waals surface area contributed by atoms with Gasteiger partial charge in [0.2, 0.25) is 5.91 Å². The number of amides is 1. The van der Waals surface area contributed by atoms with Gasteiger partial charge >= 0.3 is 5.97 Å². The van der Waals surface area contributed by atoms with E-state index in [4.69, 9.17) is 4.74 Å². The molecule has 0 bridgehead atoms. The minimum Gasteiger partial charge on any atom is -0.466 e. The Morgan fingerprint density at radius 2 is 0.635 bits per heavy atom. The molecule has 0 spiro atoms. The van der Waals surface area contributed by atoms with Gasteiger partial charge in [-0.3, -0.25) is 9.59 Å². The molecule has 0 fully saturated rings. The first kappa shape index (κ1) is 72.1. The van der Waals surface area contributed by atoms with Crippen molar-refractivity contribution in [3.63, 3.8) is 0 Å². The molecule has 1 amide bonds. The molecule has 3 N–H and O–H groups in total. The molecule has 2 atom stereocenters. The molecule has 0 saturated heterocycles. The van der Waals surface area contributed by atoms with E-state index in [0.717, 1.165) is 51.4 Å². The fraction of sp³-hybridized carbons (Fsp3) is 0.882. The fourth-order valence-electron chi connectivity index (χ4n) is 10.3. The van der Waals surface area contributed by atoms with Crippen molar-refractivity contribution >= 4 is 11.9 Å². The average molecular weight is 1040 g/mol. The zero-order chi connectivity index (χ0) is 53.6. The minimum absolute atomic E-state index is 0.0108. The molecule has 6 nitrogen and oxygen atoms in total. The van der Waals surface area contributed by atoms with Crippen LogP contribution in [-0.4, -0.2) is 47.4 Å². The van der Waals surface area contributed by atoms with Crippen LogP contribution < -0.4 is 5.32 Å². The van der Waals surface area contributed by atoms with E-state index in [2.05, 4.69) is 43.5 Å². The Morgan fingerprint density at radius 1 is 0.365 bits per heavy atom. The maximum absolute atomic E-state index is 12.5. The number of rotatable bonds is 62. The van der Waals surface area contributed by atoms with Crippen molar-refractivity contribution in [3.8, 4) is 0 Å². The van der Waals surface area contributed by atoms with Crippen molar-refractivity contribution in [3.05, 3.63) is 36.5 Å². The molecule has 0 saturated carbocycles. The molecule has 0 aliphatic heterocycles. The van der Waals surface area contributed by atoms with Gasteiger partial charge in [0.25, 0.3) is 0 Å². The first-order chi connectivity index (χ1) is 36.5. The van der Waals surface area contributed by atoms with E-state index in [0.29, 0.717) is 19.4 Å². The van der Waals surface area contributed by atoms with Crippen LogP contribution in [0.25, 0.3) is 0 Å². The maximum Gasteiger partial charge on any atom is 0.305 e. The van der Waals surface area contributed by atoms with Crippen LogP contribution in [0.5, 0.6) is 0 Å². The van der Waals surface area contributed by atoms with Crippen molar-refractivity contribution in [1.29, 1.82) is 0 Å². The van der Waals surface area contributed by atoms with E-state index in [1.807, 2.05) is 6.08 Å². The summed E-state index contributed by atoms with van der Waals surface area (Å²) in [6, 6.07) is -0.632. The number of allylic oxidation sites excluding steroid dienone is 5. The second kappa shape index (κ2) is 63.6. The van der Waals surface area contributed by atoms with Gasteiger partial charge in [0.05, 0.1) is 25.4 Å². The van der Waals surface area contributed by atoms with Crippen molar-refractivity contribution < 1.29 is 24.5 Å². The van der Waals surface area contributed by atoms with Crippen LogP contribution >= 0.6 is 0 Å². The first-order valence-corrected chi connectivity index (χ1v) is 33.3. The van der Waals surface area contributed by atoms with E-state index in [-0.39, 0.29) is 18.5 Å². The third-order valence-corrected chi connectivity index (χ3v) is 15.4. The Morgan fingerprint density at radius 3 is 0.959 bits per heavy atom. The maximum atomic E-state index is 12.5. The van der Waals surface area contributed by atoms with Crippen molar-refractivity contribution in [2.75, 3.05) is 13.2 Å². The Balaban J connectivity index is 3.41. The molecule has 0 aromatic rings. The molecular formula is C68H129NO5. The van der Waals surface area contributed by atoms with Gasteiger partial charge in [0, 0.05) is 12.8 Å². The monoisotopic (exact) mass is 1040 g/mol. The summed E-state index contributed by atoms with van der Waals surface area (Å²) in [5.41, 5.74) is 0. The lowest BCUT2D eigenvalue weighted by atomic mass is 10.0. The van der Waals surface area contributed by atoms with E-state index in [9.17, 15) is 19.8 Å². The highest BCUT2D eigenvalue weighted by molar-refractivity contribution is 5.76. The number of hydrogen-bond donors (Lipinski definition) is 3. The van der Waals surface area contributed by atoms with Gasteiger partial charge < -0.3 is 20.3 Å². The van der Waals surface area contributed by atoms with Crippen LogP contribution in [0.4, 0.5) is 0 Å². The summed E-state index contributed by atoms with van der Waals surface area (Å²) < 4.78 is 5.50.